The van der Waals surface area contributed by atoms with E-state index in [-0.39, 0.29) is 24.9 Å². The fraction of sp³-hybridized carbons (Fsp3) is 0.763. The maximum absolute atomic E-state index is 13.2. The molecule has 0 bridgehead atoms. The maximum atomic E-state index is 13.2. The van der Waals surface area contributed by atoms with E-state index < -0.39 is 18.2 Å². The highest BCUT2D eigenvalue weighted by Gasteiger charge is 2.23. The molecule has 6 nitrogen and oxygen atoms in total. The Morgan fingerprint density at radius 1 is 0.462 bits per heavy atom. The van der Waals surface area contributed by atoms with Crippen LogP contribution in [0, 0.1) is 0 Å². The van der Waals surface area contributed by atoms with Gasteiger partial charge >= 0.3 is 5.97 Å². The quantitative estimate of drug-likeness (QED) is 0.0321. The van der Waals surface area contributed by atoms with Crippen molar-refractivity contribution in [3.05, 3.63) is 72.9 Å². The van der Waals surface area contributed by atoms with Gasteiger partial charge in [-0.15, -0.1) is 0 Å². The summed E-state index contributed by atoms with van der Waals surface area (Å²) < 4.78 is 5.88. The number of rotatable bonds is 49. The number of aliphatic hydroxyl groups excluding tert-OH is 2. The number of nitrogens with one attached hydrogen (secondary N) is 1. The number of allylic oxidation sites excluding steroid dienone is 11. The summed E-state index contributed by atoms with van der Waals surface area (Å²) in [5.74, 6) is -0.578. The molecule has 0 fully saturated rings. The highest BCUT2D eigenvalue weighted by Crippen LogP contribution is 2.16. The number of carbonyl (C=O) groups is 2. The molecule has 0 saturated heterocycles. The normalized spacial score (nSPS) is 13.7. The van der Waals surface area contributed by atoms with E-state index in [2.05, 4.69) is 92.9 Å². The molecular formula is C59H105NO5. The highest BCUT2D eigenvalue weighted by molar-refractivity contribution is 5.77. The van der Waals surface area contributed by atoms with Crippen molar-refractivity contribution in [1.82, 2.24) is 5.32 Å². The lowest BCUT2D eigenvalue weighted by Gasteiger charge is -2.24. The van der Waals surface area contributed by atoms with Crippen LogP contribution in [0.2, 0.25) is 0 Å². The average molecular weight is 908 g/mol. The first-order valence-corrected chi connectivity index (χ1v) is 27.7. The van der Waals surface area contributed by atoms with Gasteiger partial charge < -0.3 is 20.3 Å². The number of carbonyl (C=O) groups excluding carboxylic acids is 2. The Kier molecular flexibility index (Phi) is 50.1. The number of amides is 1. The van der Waals surface area contributed by atoms with E-state index in [9.17, 15) is 19.8 Å². The number of hydrogen-bond donors (Lipinski definition) is 3. The van der Waals surface area contributed by atoms with Crippen molar-refractivity contribution < 1.29 is 24.5 Å². The molecule has 0 aliphatic rings. The third kappa shape index (κ3) is 47.6. The van der Waals surface area contributed by atoms with Crippen molar-refractivity contribution in [1.29, 1.82) is 0 Å². The molecule has 0 aromatic carbocycles. The molecule has 0 rings (SSSR count). The molecule has 0 aromatic rings. The van der Waals surface area contributed by atoms with Crippen LogP contribution in [-0.2, 0) is 14.3 Å². The van der Waals surface area contributed by atoms with Crippen LogP contribution in [0.1, 0.15) is 265 Å². The van der Waals surface area contributed by atoms with Crippen LogP contribution in [0.4, 0.5) is 0 Å². The van der Waals surface area contributed by atoms with Crippen molar-refractivity contribution in [2.24, 2.45) is 0 Å². The Hall–Kier alpha value is -2.70. The third-order valence-corrected chi connectivity index (χ3v) is 12.3. The van der Waals surface area contributed by atoms with Gasteiger partial charge in [0.1, 0.15) is 6.10 Å². The van der Waals surface area contributed by atoms with E-state index in [0.717, 1.165) is 64.2 Å². The van der Waals surface area contributed by atoms with Crippen molar-refractivity contribution in [2.75, 3.05) is 6.61 Å². The highest BCUT2D eigenvalue weighted by atomic mass is 16.5. The summed E-state index contributed by atoms with van der Waals surface area (Å²) in [4.78, 5) is 26.2. The van der Waals surface area contributed by atoms with Gasteiger partial charge in [-0.2, -0.15) is 0 Å². The van der Waals surface area contributed by atoms with E-state index in [4.69, 9.17) is 4.74 Å². The largest absolute Gasteiger partial charge is 0.461 e. The predicted molar refractivity (Wildman–Crippen MR) is 282 cm³/mol. The summed E-state index contributed by atoms with van der Waals surface area (Å²) in [5.41, 5.74) is 0. The van der Waals surface area contributed by atoms with Crippen LogP contribution in [0.5, 0.6) is 0 Å². The second-order valence-corrected chi connectivity index (χ2v) is 18.6. The second-order valence-electron chi connectivity index (χ2n) is 18.6. The predicted octanol–water partition coefficient (Wildman–Crippen LogP) is 17.0. The molecule has 0 saturated carbocycles. The SMILES string of the molecule is CCCCC/C=C\C/C=C\C/C=C\C/C=C\CC(CC(=O)NC(CO)C(O)CCCCCCCCCCCCCC)OC(=O)CCCCCCCCCCC/C=C\C/C=C\CCCCC. The van der Waals surface area contributed by atoms with Crippen LogP contribution < -0.4 is 5.32 Å². The maximum Gasteiger partial charge on any atom is 0.306 e. The minimum atomic E-state index is -0.813. The molecule has 376 valence electrons. The zero-order valence-electron chi connectivity index (χ0n) is 42.9. The van der Waals surface area contributed by atoms with Crippen LogP contribution in [-0.4, -0.2) is 46.9 Å². The summed E-state index contributed by atoms with van der Waals surface area (Å²) >= 11 is 0. The van der Waals surface area contributed by atoms with Gasteiger partial charge in [0.25, 0.3) is 0 Å². The summed E-state index contributed by atoms with van der Waals surface area (Å²) in [7, 11) is 0. The molecule has 3 atom stereocenters. The summed E-state index contributed by atoms with van der Waals surface area (Å²) in [6.45, 7) is 6.41. The first kappa shape index (κ1) is 62.3. The van der Waals surface area contributed by atoms with Crippen LogP contribution in [0.25, 0.3) is 0 Å². The minimum absolute atomic E-state index is 0.00157. The Morgan fingerprint density at radius 2 is 0.815 bits per heavy atom. The topological polar surface area (TPSA) is 95.9 Å². The molecule has 0 aromatic heterocycles. The molecule has 0 heterocycles. The molecule has 3 unspecified atom stereocenters. The van der Waals surface area contributed by atoms with Crippen LogP contribution >= 0.6 is 0 Å². The van der Waals surface area contributed by atoms with Gasteiger partial charge in [-0.25, -0.2) is 0 Å². The number of ether oxygens (including phenoxy) is 1. The van der Waals surface area contributed by atoms with Crippen molar-refractivity contribution >= 4 is 11.9 Å². The fourth-order valence-electron chi connectivity index (χ4n) is 8.03. The summed E-state index contributed by atoms with van der Waals surface area (Å²) in [5, 5.41) is 23.8. The lowest BCUT2D eigenvalue weighted by molar-refractivity contribution is -0.150. The van der Waals surface area contributed by atoms with Crippen molar-refractivity contribution in [3.63, 3.8) is 0 Å². The molecule has 1 amide bonds. The second kappa shape index (κ2) is 52.3. The Bertz CT molecular complexity index is 1200. The van der Waals surface area contributed by atoms with Gasteiger partial charge in [0.2, 0.25) is 5.91 Å². The first-order valence-electron chi connectivity index (χ1n) is 27.7. The van der Waals surface area contributed by atoms with E-state index >= 15 is 0 Å². The molecular weight excluding hydrogens is 803 g/mol. The Balaban J connectivity index is 4.67. The van der Waals surface area contributed by atoms with Gasteiger partial charge in [0.15, 0.2) is 0 Å². The van der Waals surface area contributed by atoms with E-state index in [1.807, 2.05) is 6.08 Å². The Labute approximate surface area is 402 Å². The molecule has 3 N–H and O–H groups in total. The minimum Gasteiger partial charge on any atom is -0.461 e. The van der Waals surface area contributed by atoms with Gasteiger partial charge in [0.05, 0.1) is 25.2 Å². The van der Waals surface area contributed by atoms with Crippen LogP contribution in [0.3, 0.4) is 0 Å². The lowest BCUT2D eigenvalue weighted by atomic mass is 10.0. The smallest absolute Gasteiger partial charge is 0.306 e. The van der Waals surface area contributed by atoms with Gasteiger partial charge in [-0.3, -0.25) is 9.59 Å². The third-order valence-electron chi connectivity index (χ3n) is 12.3. The monoisotopic (exact) mass is 908 g/mol. The zero-order valence-corrected chi connectivity index (χ0v) is 42.9. The first-order chi connectivity index (χ1) is 32.0. The molecule has 0 aliphatic heterocycles. The summed E-state index contributed by atoms with van der Waals surface area (Å²) in [6, 6.07) is -0.734. The zero-order chi connectivity index (χ0) is 47.4. The fourth-order valence-corrected chi connectivity index (χ4v) is 8.03. The standard InChI is InChI=1S/C59H105NO5/c1-4-7-10-13-16-19-22-25-27-28-29-30-32-34-37-40-43-46-49-52-59(64)65-55(50-47-44-41-38-35-33-31-26-23-20-17-14-11-8-5-2)53-58(63)60-56(54-61)57(62)51-48-45-42-39-36-24-21-18-15-12-9-6-3/h16-17,19-20,25-27,31,35,38,44,47,55-57,61-62H,4-15,18,21-24,28-30,32-34,36-37,39-43,45-46,48-54H2,1-3H3,(H,60,63)/b19-16-,20-17-,27-25-,31-26-,38-35-,47-44-. The number of hydrogen-bond acceptors (Lipinski definition) is 5. The number of esters is 1. The summed E-state index contributed by atoms with van der Waals surface area (Å²) in [6.07, 6.45) is 66.9. The van der Waals surface area contributed by atoms with Crippen molar-refractivity contribution in [2.45, 2.75) is 283 Å². The molecule has 0 spiro atoms. The molecule has 0 aliphatic carbocycles. The molecule has 0 radical (unpaired) electrons. The number of unbranched alkanes of at least 4 members (excludes halogenated alkanes) is 26. The van der Waals surface area contributed by atoms with E-state index in [1.165, 1.54) is 154 Å². The Morgan fingerprint density at radius 3 is 1.26 bits per heavy atom. The molecule has 65 heavy (non-hydrogen) atoms. The van der Waals surface area contributed by atoms with E-state index in [1.54, 1.807) is 0 Å². The lowest BCUT2D eigenvalue weighted by Crippen LogP contribution is -2.46. The van der Waals surface area contributed by atoms with Crippen molar-refractivity contribution in [3.8, 4) is 0 Å². The van der Waals surface area contributed by atoms with E-state index in [0.29, 0.717) is 19.3 Å². The van der Waals surface area contributed by atoms with Gasteiger partial charge in [0, 0.05) is 12.8 Å². The van der Waals surface area contributed by atoms with Gasteiger partial charge in [-0.05, 0) is 77.0 Å². The number of aliphatic hydroxyl groups is 2. The average Bonchev–Trinajstić information content (AvgIpc) is 3.30. The van der Waals surface area contributed by atoms with Crippen LogP contribution in [0.15, 0.2) is 72.9 Å². The molecule has 6 heteroatoms. The van der Waals surface area contributed by atoms with Gasteiger partial charge in [-0.1, -0.05) is 241 Å².